The quantitative estimate of drug-likeness (QED) is 0.769. The minimum Gasteiger partial charge on any atom is -0.481 e. The molecule has 7 nitrogen and oxygen atoms in total. The summed E-state index contributed by atoms with van der Waals surface area (Å²) in [5, 5.41) is 0. The molecular formula is C18H19N3O4. The molecule has 0 spiro atoms. The number of hydrogen-bond donors (Lipinski definition) is 1. The Labute approximate surface area is 144 Å². The second kappa shape index (κ2) is 6.16. The minimum absolute atomic E-state index is 0.212. The highest BCUT2D eigenvalue weighted by Gasteiger charge is 2.23. The van der Waals surface area contributed by atoms with Crippen molar-refractivity contribution in [3.8, 4) is 11.8 Å². The number of methoxy groups -OCH3 is 1. The Hall–Kier alpha value is -2.96. The summed E-state index contributed by atoms with van der Waals surface area (Å²) in [5.41, 5.74) is 9.08. The number of carbonyl (C=O) groups is 1. The molecule has 0 atom stereocenters. The van der Waals surface area contributed by atoms with E-state index < -0.39 is 5.91 Å². The first-order valence-corrected chi connectivity index (χ1v) is 8.24. The first kappa shape index (κ1) is 15.6. The molecule has 0 fully saturated rings. The van der Waals surface area contributed by atoms with Gasteiger partial charge in [0.25, 0.3) is 5.91 Å². The topological polar surface area (TPSA) is 92.5 Å². The Bertz CT molecular complexity index is 941. The molecule has 1 amide bonds. The van der Waals surface area contributed by atoms with Gasteiger partial charge in [-0.15, -0.1) is 0 Å². The highest BCUT2D eigenvalue weighted by atomic mass is 16.5. The summed E-state index contributed by atoms with van der Waals surface area (Å²) in [6.07, 6.45) is 3.73. The number of aromatic nitrogens is 2. The Kier molecular flexibility index (Phi) is 3.83. The second-order valence-electron chi connectivity index (χ2n) is 6.00. The normalized spacial score (nSPS) is 13.5. The molecule has 1 aliphatic heterocycles. The molecule has 0 unspecified atom stereocenters. The van der Waals surface area contributed by atoms with Crippen LogP contribution in [0.4, 0.5) is 0 Å². The number of carbonyl (C=O) groups excluding carboxylic acids is 1. The van der Waals surface area contributed by atoms with Gasteiger partial charge in [-0.2, -0.15) is 0 Å². The largest absolute Gasteiger partial charge is 0.481 e. The number of pyridine rings is 1. The van der Waals surface area contributed by atoms with Gasteiger partial charge in [-0.3, -0.25) is 4.79 Å². The van der Waals surface area contributed by atoms with Gasteiger partial charge in [0.2, 0.25) is 5.88 Å². The number of rotatable bonds is 5. The van der Waals surface area contributed by atoms with Gasteiger partial charge in [-0.1, -0.05) is 0 Å². The third kappa shape index (κ3) is 2.61. The lowest BCUT2D eigenvalue weighted by molar-refractivity contribution is 0.0972. The molecule has 0 saturated carbocycles. The van der Waals surface area contributed by atoms with Crippen molar-refractivity contribution in [2.45, 2.75) is 25.8 Å². The SMILES string of the molecule is COc1ccc2c(n1)c(CCc1ccoc1C(N)=O)c1n2CCCO1. The minimum atomic E-state index is -0.556. The van der Waals surface area contributed by atoms with Gasteiger partial charge in [0, 0.05) is 23.7 Å². The van der Waals surface area contributed by atoms with Crippen molar-refractivity contribution in [2.75, 3.05) is 13.7 Å². The molecule has 2 N–H and O–H groups in total. The van der Waals surface area contributed by atoms with Crippen LogP contribution >= 0.6 is 0 Å². The average molecular weight is 341 g/mol. The van der Waals surface area contributed by atoms with Gasteiger partial charge in [-0.05, 0) is 31.4 Å². The average Bonchev–Trinajstić information content (AvgIpc) is 3.22. The fourth-order valence-electron chi connectivity index (χ4n) is 3.37. The van der Waals surface area contributed by atoms with Crippen LogP contribution in [-0.4, -0.2) is 29.2 Å². The Balaban J connectivity index is 1.75. The van der Waals surface area contributed by atoms with Crippen LogP contribution in [0, 0.1) is 0 Å². The molecule has 4 heterocycles. The maximum absolute atomic E-state index is 11.4. The van der Waals surface area contributed by atoms with Gasteiger partial charge in [0.05, 0.1) is 31.0 Å². The van der Waals surface area contributed by atoms with E-state index in [2.05, 4.69) is 9.55 Å². The standard InChI is InChI=1S/C18H19N3O4/c1-23-14-6-5-13-15(20-14)12(18-21(13)8-2-9-25-18)4-3-11-7-10-24-16(11)17(19)22/h5-7,10H,2-4,8-9H2,1H3,(H2,19,22). The van der Waals surface area contributed by atoms with Gasteiger partial charge in [0.1, 0.15) is 0 Å². The monoisotopic (exact) mass is 341 g/mol. The number of nitrogens with zero attached hydrogens (tertiary/aromatic N) is 2. The molecular weight excluding hydrogens is 322 g/mol. The maximum Gasteiger partial charge on any atom is 0.284 e. The van der Waals surface area contributed by atoms with Crippen LogP contribution in [0.25, 0.3) is 11.0 Å². The lowest BCUT2D eigenvalue weighted by Crippen LogP contribution is -2.15. The van der Waals surface area contributed by atoms with Gasteiger partial charge in [0.15, 0.2) is 11.6 Å². The fourth-order valence-corrected chi connectivity index (χ4v) is 3.37. The van der Waals surface area contributed by atoms with Crippen LogP contribution in [0.1, 0.15) is 28.1 Å². The van der Waals surface area contributed by atoms with E-state index in [0.29, 0.717) is 25.3 Å². The Morgan fingerprint density at radius 1 is 1.36 bits per heavy atom. The Morgan fingerprint density at radius 3 is 3.04 bits per heavy atom. The summed E-state index contributed by atoms with van der Waals surface area (Å²) >= 11 is 0. The van der Waals surface area contributed by atoms with Crippen molar-refractivity contribution < 1.29 is 18.7 Å². The Morgan fingerprint density at radius 2 is 2.24 bits per heavy atom. The molecule has 0 bridgehead atoms. The number of furan rings is 1. The zero-order valence-electron chi connectivity index (χ0n) is 13.9. The number of fused-ring (bicyclic) bond motifs is 3. The molecule has 25 heavy (non-hydrogen) atoms. The molecule has 1 aliphatic rings. The first-order chi connectivity index (χ1) is 12.2. The van der Waals surface area contributed by atoms with Crippen LogP contribution in [0.3, 0.4) is 0 Å². The molecule has 0 aliphatic carbocycles. The lowest BCUT2D eigenvalue weighted by atomic mass is 10.1. The number of hydrogen-bond acceptors (Lipinski definition) is 5. The van der Waals surface area contributed by atoms with E-state index >= 15 is 0 Å². The van der Waals surface area contributed by atoms with E-state index in [9.17, 15) is 4.79 Å². The van der Waals surface area contributed by atoms with Crippen LogP contribution in [-0.2, 0) is 19.4 Å². The third-order valence-corrected chi connectivity index (χ3v) is 4.52. The zero-order chi connectivity index (χ0) is 17.4. The van der Waals surface area contributed by atoms with Crippen molar-refractivity contribution in [1.82, 2.24) is 9.55 Å². The summed E-state index contributed by atoms with van der Waals surface area (Å²) in [6.45, 7) is 1.59. The van der Waals surface area contributed by atoms with Crippen molar-refractivity contribution >= 4 is 16.9 Å². The summed E-state index contributed by atoms with van der Waals surface area (Å²) in [7, 11) is 1.60. The second-order valence-corrected chi connectivity index (χ2v) is 6.00. The number of amides is 1. The highest BCUT2D eigenvalue weighted by molar-refractivity contribution is 5.91. The van der Waals surface area contributed by atoms with Crippen molar-refractivity contribution in [3.05, 3.63) is 41.3 Å². The predicted molar refractivity (Wildman–Crippen MR) is 91.0 cm³/mol. The molecule has 130 valence electrons. The third-order valence-electron chi connectivity index (χ3n) is 4.52. The molecule has 0 saturated heterocycles. The lowest BCUT2D eigenvalue weighted by Gasteiger charge is -2.18. The summed E-state index contributed by atoms with van der Waals surface area (Å²) in [6, 6.07) is 5.64. The highest BCUT2D eigenvalue weighted by Crippen LogP contribution is 2.35. The van der Waals surface area contributed by atoms with Gasteiger partial charge >= 0.3 is 0 Å². The summed E-state index contributed by atoms with van der Waals surface area (Å²) < 4.78 is 18.5. The van der Waals surface area contributed by atoms with E-state index in [0.717, 1.165) is 41.0 Å². The number of primary amides is 1. The van der Waals surface area contributed by atoms with E-state index in [1.165, 1.54) is 6.26 Å². The number of nitrogens with two attached hydrogens (primary N) is 1. The van der Waals surface area contributed by atoms with Crippen LogP contribution in [0.15, 0.2) is 28.9 Å². The van der Waals surface area contributed by atoms with Crippen molar-refractivity contribution in [2.24, 2.45) is 5.73 Å². The molecule has 0 radical (unpaired) electrons. The molecule has 4 rings (SSSR count). The molecule has 3 aromatic heterocycles. The molecule has 3 aromatic rings. The van der Waals surface area contributed by atoms with Crippen LogP contribution < -0.4 is 15.2 Å². The van der Waals surface area contributed by atoms with E-state index in [1.54, 1.807) is 13.2 Å². The van der Waals surface area contributed by atoms with Crippen molar-refractivity contribution in [3.63, 3.8) is 0 Å². The summed E-state index contributed by atoms with van der Waals surface area (Å²) in [4.78, 5) is 16.1. The van der Waals surface area contributed by atoms with E-state index in [4.69, 9.17) is 19.6 Å². The number of aryl methyl sites for hydroxylation is 3. The summed E-state index contributed by atoms with van der Waals surface area (Å²) in [5.74, 6) is 1.08. The van der Waals surface area contributed by atoms with Gasteiger partial charge < -0.3 is 24.2 Å². The molecule has 7 heteroatoms. The van der Waals surface area contributed by atoms with Crippen molar-refractivity contribution in [1.29, 1.82) is 0 Å². The predicted octanol–water partition coefficient (Wildman–Crippen LogP) is 2.30. The fraction of sp³-hybridized carbons (Fsp3) is 0.333. The number of ether oxygens (including phenoxy) is 2. The van der Waals surface area contributed by atoms with Crippen LogP contribution in [0.2, 0.25) is 0 Å². The van der Waals surface area contributed by atoms with E-state index in [-0.39, 0.29) is 5.76 Å². The molecule has 0 aromatic carbocycles. The first-order valence-electron chi connectivity index (χ1n) is 8.24. The zero-order valence-corrected chi connectivity index (χ0v) is 13.9. The van der Waals surface area contributed by atoms with Crippen LogP contribution in [0.5, 0.6) is 11.8 Å². The van der Waals surface area contributed by atoms with Gasteiger partial charge in [-0.25, -0.2) is 4.98 Å². The van der Waals surface area contributed by atoms with E-state index in [1.807, 2.05) is 12.1 Å². The maximum atomic E-state index is 11.4. The smallest absolute Gasteiger partial charge is 0.284 e.